The molecule has 1 saturated heterocycles. The molecule has 1 heterocycles. The van der Waals surface area contributed by atoms with Gasteiger partial charge in [-0.3, -0.25) is 0 Å². The number of aliphatic hydroxyl groups is 4. The highest BCUT2D eigenvalue weighted by atomic mass is 16.5. The molecule has 4 N–H and O–H groups in total. The number of hydrogen-bond donors (Lipinski definition) is 4. The molecule has 0 amide bonds. The van der Waals surface area contributed by atoms with Gasteiger partial charge in [-0.2, -0.15) is 0 Å². The molecule has 0 spiro atoms. The maximum atomic E-state index is 9.53. The Morgan fingerprint density at radius 3 is 2.21 bits per heavy atom. The topological polar surface area (TPSA) is 90.2 Å². The Morgan fingerprint density at radius 2 is 1.71 bits per heavy atom. The van der Waals surface area contributed by atoms with Crippen molar-refractivity contribution < 1.29 is 25.2 Å². The molecule has 1 fully saturated rings. The lowest BCUT2D eigenvalue weighted by Gasteiger charge is -2.39. The lowest BCUT2D eigenvalue weighted by molar-refractivity contribution is -0.222. The lowest BCUT2D eigenvalue weighted by atomic mass is 9.93. The summed E-state index contributed by atoms with van der Waals surface area (Å²) >= 11 is 0. The largest absolute Gasteiger partial charge is 0.393 e. The second kappa shape index (κ2) is 4.55. The Balaban J connectivity index is 2.60. The molecule has 84 valence electrons. The third-order valence-corrected chi connectivity index (χ3v) is 2.52. The molecule has 1 aliphatic heterocycles. The van der Waals surface area contributed by atoms with Crippen molar-refractivity contribution in [3.8, 4) is 0 Å². The quantitative estimate of drug-likeness (QED) is 0.447. The van der Waals surface area contributed by atoms with Crippen LogP contribution in [0.4, 0.5) is 0 Å². The summed E-state index contributed by atoms with van der Waals surface area (Å²) in [6, 6.07) is 0. The molecule has 5 heteroatoms. The predicted molar refractivity (Wildman–Crippen MR) is 48.7 cm³/mol. The lowest BCUT2D eigenvalue weighted by Crippen LogP contribution is -2.57. The fraction of sp³-hybridized carbons (Fsp3) is 1.00. The van der Waals surface area contributed by atoms with Crippen molar-refractivity contribution in [2.75, 3.05) is 0 Å². The molecule has 5 nitrogen and oxygen atoms in total. The summed E-state index contributed by atoms with van der Waals surface area (Å²) in [5, 5.41) is 37.5. The summed E-state index contributed by atoms with van der Waals surface area (Å²) in [4.78, 5) is 0. The Labute approximate surface area is 82.9 Å². The fourth-order valence-electron chi connectivity index (χ4n) is 1.67. The number of hydrogen-bond acceptors (Lipinski definition) is 5. The van der Waals surface area contributed by atoms with E-state index in [1.165, 1.54) is 0 Å². The Kier molecular flexibility index (Phi) is 3.86. The molecule has 0 aromatic rings. The zero-order chi connectivity index (χ0) is 10.9. The molecule has 0 radical (unpaired) electrons. The van der Waals surface area contributed by atoms with Crippen LogP contribution < -0.4 is 0 Å². The summed E-state index contributed by atoms with van der Waals surface area (Å²) in [5.41, 5.74) is 0. The Hall–Kier alpha value is -0.200. The van der Waals surface area contributed by atoms with Gasteiger partial charge in [0.1, 0.15) is 18.3 Å². The van der Waals surface area contributed by atoms with Crippen molar-refractivity contribution in [2.45, 2.75) is 56.9 Å². The van der Waals surface area contributed by atoms with Crippen LogP contribution in [0.3, 0.4) is 0 Å². The highest BCUT2D eigenvalue weighted by Gasteiger charge is 2.41. The van der Waals surface area contributed by atoms with E-state index in [2.05, 4.69) is 0 Å². The normalized spacial score (nSPS) is 46.3. The first-order chi connectivity index (χ1) is 6.43. The van der Waals surface area contributed by atoms with Crippen molar-refractivity contribution in [3.05, 3.63) is 0 Å². The summed E-state index contributed by atoms with van der Waals surface area (Å²) in [6.07, 6.45) is -4.94. The van der Waals surface area contributed by atoms with Crippen molar-refractivity contribution in [1.82, 2.24) is 0 Å². The van der Waals surface area contributed by atoms with E-state index in [0.717, 1.165) is 0 Å². The van der Waals surface area contributed by atoms with E-state index in [1.54, 1.807) is 13.8 Å². The van der Waals surface area contributed by atoms with Crippen LogP contribution in [0, 0.1) is 0 Å². The van der Waals surface area contributed by atoms with Gasteiger partial charge in [-0.05, 0) is 13.8 Å². The van der Waals surface area contributed by atoms with E-state index in [9.17, 15) is 15.3 Å². The van der Waals surface area contributed by atoms with Gasteiger partial charge >= 0.3 is 0 Å². The third-order valence-electron chi connectivity index (χ3n) is 2.52. The highest BCUT2D eigenvalue weighted by molar-refractivity contribution is 4.90. The van der Waals surface area contributed by atoms with Gasteiger partial charge in [0.15, 0.2) is 0 Å². The van der Waals surface area contributed by atoms with Crippen molar-refractivity contribution in [3.63, 3.8) is 0 Å². The highest BCUT2D eigenvalue weighted by Crippen LogP contribution is 2.23. The Bertz CT molecular complexity index is 184. The molecule has 0 aromatic carbocycles. The minimum atomic E-state index is -1.21. The molecule has 0 bridgehead atoms. The van der Waals surface area contributed by atoms with Crippen LogP contribution in [0.1, 0.15) is 20.3 Å². The van der Waals surface area contributed by atoms with Gasteiger partial charge in [-0.25, -0.2) is 0 Å². The number of aliphatic hydroxyl groups excluding tert-OH is 4. The zero-order valence-electron chi connectivity index (χ0n) is 8.37. The van der Waals surface area contributed by atoms with Gasteiger partial charge in [-0.1, -0.05) is 0 Å². The maximum absolute atomic E-state index is 9.53. The SMILES string of the molecule is C[C@H](O)C[C@@H]1O[C@H](C)[C@@H](O)[C@H](O)[C@H]1O. The smallest absolute Gasteiger partial charge is 0.111 e. The van der Waals surface area contributed by atoms with Gasteiger partial charge < -0.3 is 25.2 Å². The molecule has 1 aliphatic rings. The second-order valence-corrected chi connectivity index (χ2v) is 3.94. The first kappa shape index (κ1) is 11.9. The van der Waals surface area contributed by atoms with Gasteiger partial charge in [0.05, 0.1) is 18.3 Å². The van der Waals surface area contributed by atoms with Gasteiger partial charge in [0.25, 0.3) is 0 Å². The monoisotopic (exact) mass is 206 g/mol. The van der Waals surface area contributed by atoms with Crippen LogP contribution in [0.25, 0.3) is 0 Å². The third kappa shape index (κ3) is 2.43. The van der Waals surface area contributed by atoms with Gasteiger partial charge in [0, 0.05) is 6.42 Å². The van der Waals surface area contributed by atoms with E-state index < -0.39 is 36.6 Å². The minimum absolute atomic E-state index is 0.245. The molecule has 0 aromatic heterocycles. The zero-order valence-corrected chi connectivity index (χ0v) is 8.37. The Morgan fingerprint density at radius 1 is 1.14 bits per heavy atom. The van der Waals surface area contributed by atoms with Crippen LogP contribution in [-0.4, -0.2) is 57.0 Å². The number of ether oxygens (including phenoxy) is 1. The summed E-state index contributed by atoms with van der Waals surface area (Å²) in [5.74, 6) is 0. The average molecular weight is 206 g/mol. The summed E-state index contributed by atoms with van der Waals surface area (Å²) in [6.45, 7) is 3.20. The standard InChI is InChI=1S/C9H18O5/c1-4(10)3-6-8(12)9(13)7(11)5(2)14-6/h4-13H,3H2,1-2H3/t4-,5+,6-,7+,8-,9-/m0/s1. The number of rotatable bonds is 2. The molecule has 0 unspecified atom stereocenters. The van der Waals surface area contributed by atoms with E-state index in [1.807, 2.05) is 0 Å². The molecule has 6 atom stereocenters. The fourth-order valence-corrected chi connectivity index (χ4v) is 1.67. The summed E-state index contributed by atoms with van der Waals surface area (Å²) in [7, 11) is 0. The van der Waals surface area contributed by atoms with E-state index in [4.69, 9.17) is 9.84 Å². The second-order valence-electron chi connectivity index (χ2n) is 3.94. The van der Waals surface area contributed by atoms with E-state index in [0.29, 0.717) is 0 Å². The van der Waals surface area contributed by atoms with Crippen molar-refractivity contribution in [1.29, 1.82) is 0 Å². The first-order valence-electron chi connectivity index (χ1n) is 4.81. The molecule has 14 heavy (non-hydrogen) atoms. The molecule has 0 saturated carbocycles. The molecule has 0 aliphatic carbocycles. The molecule has 1 rings (SSSR count). The van der Waals surface area contributed by atoms with Crippen LogP contribution in [-0.2, 0) is 4.74 Å². The summed E-state index contributed by atoms with van der Waals surface area (Å²) < 4.78 is 5.27. The average Bonchev–Trinajstić information content (AvgIpc) is 2.10. The van der Waals surface area contributed by atoms with Crippen LogP contribution in [0.15, 0.2) is 0 Å². The first-order valence-corrected chi connectivity index (χ1v) is 4.81. The van der Waals surface area contributed by atoms with Gasteiger partial charge in [0.2, 0.25) is 0 Å². The van der Waals surface area contributed by atoms with Gasteiger partial charge in [-0.15, -0.1) is 0 Å². The van der Waals surface area contributed by atoms with Crippen LogP contribution in [0.2, 0.25) is 0 Å². The van der Waals surface area contributed by atoms with E-state index >= 15 is 0 Å². The van der Waals surface area contributed by atoms with Crippen molar-refractivity contribution in [2.24, 2.45) is 0 Å². The maximum Gasteiger partial charge on any atom is 0.111 e. The van der Waals surface area contributed by atoms with Crippen LogP contribution in [0.5, 0.6) is 0 Å². The predicted octanol–water partition coefficient (Wildman–Crippen LogP) is -1.37. The van der Waals surface area contributed by atoms with Crippen molar-refractivity contribution >= 4 is 0 Å². The van der Waals surface area contributed by atoms with Crippen LogP contribution >= 0.6 is 0 Å². The molecular weight excluding hydrogens is 188 g/mol. The molecular formula is C9H18O5. The van der Waals surface area contributed by atoms with E-state index in [-0.39, 0.29) is 6.42 Å². The minimum Gasteiger partial charge on any atom is -0.393 e.